The molecule has 6 heteroatoms. The predicted octanol–water partition coefficient (Wildman–Crippen LogP) is 0.677. The monoisotopic (exact) mass is 281 g/mol. The largest absolute Gasteiger partial charge is 0.353 e. The number of carbonyl (C=O) groups is 2. The van der Waals surface area contributed by atoms with Gasteiger partial charge in [0.25, 0.3) is 5.91 Å². The van der Waals surface area contributed by atoms with Gasteiger partial charge >= 0.3 is 0 Å². The first-order chi connectivity index (χ1) is 9.01. The van der Waals surface area contributed by atoms with Gasteiger partial charge in [-0.2, -0.15) is 0 Å². The van der Waals surface area contributed by atoms with E-state index in [-0.39, 0.29) is 11.8 Å². The number of nitrogens with one attached hydrogen (secondary N) is 2. The third kappa shape index (κ3) is 3.68. The maximum atomic E-state index is 11.7. The number of carbonyl (C=O) groups excluding carboxylic acids is 2. The van der Waals surface area contributed by atoms with Gasteiger partial charge in [0, 0.05) is 23.7 Å². The average molecular weight is 282 g/mol. The summed E-state index contributed by atoms with van der Waals surface area (Å²) < 4.78 is 0. The van der Waals surface area contributed by atoms with Gasteiger partial charge in [0.15, 0.2) is 0 Å². The van der Waals surface area contributed by atoms with Crippen molar-refractivity contribution in [3.63, 3.8) is 0 Å². The van der Waals surface area contributed by atoms with E-state index in [0.29, 0.717) is 23.7 Å². The Morgan fingerprint density at radius 1 is 1.16 bits per heavy atom. The molecule has 1 saturated carbocycles. The molecule has 4 N–H and O–H groups in total. The Morgan fingerprint density at radius 2 is 1.74 bits per heavy atom. The zero-order valence-electron chi connectivity index (χ0n) is 10.4. The van der Waals surface area contributed by atoms with E-state index < -0.39 is 5.54 Å². The fourth-order valence-corrected chi connectivity index (χ4v) is 1.72. The number of rotatable bonds is 5. The highest BCUT2D eigenvalue weighted by Gasteiger charge is 2.45. The maximum Gasteiger partial charge on any atom is 0.251 e. The minimum absolute atomic E-state index is 0.145. The molecule has 1 fully saturated rings. The van der Waals surface area contributed by atoms with E-state index in [1.165, 1.54) is 0 Å². The molecule has 2 amide bonds. The lowest BCUT2D eigenvalue weighted by Gasteiger charge is -2.10. The standard InChI is InChI=1S/C13H16ClN3O2/c14-10-3-1-9(2-4-10)11(18)16-7-8-17-12(19)13(15)5-6-13/h1-4H,5-8,15H2,(H,16,18)(H,17,19). The normalized spacial score (nSPS) is 15.7. The maximum absolute atomic E-state index is 11.7. The number of benzene rings is 1. The minimum atomic E-state index is -0.666. The van der Waals surface area contributed by atoms with Crippen molar-refractivity contribution < 1.29 is 9.59 Å². The van der Waals surface area contributed by atoms with Crippen LogP contribution in [0.4, 0.5) is 0 Å². The Morgan fingerprint density at radius 3 is 2.32 bits per heavy atom. The van der Waals surface area contributed by atoms with E-state index in [9.17, 15) is 9.59 Å². The molecule has 1 aromatic rings. The van der Waals surface area contributed by atoms with Crippen LogP contribution >= 0.6 is 11.6 Å². The summed E-state index contributed by atoms with van der Waals surface area (Å²) in [6, 6.07) is 6.61. The Kier molecular flexibility index (Phi) is 4.07. The van der Waals surface area contributed by atoms with Crippen molar-refractivity contribution in [3.05, 3.63) is 34.9 Å². The molecule has 0 bridgehead atoms. The molecule has 0 aliphatic heterocycles. The summed E-state index contributed by atoms with van der Waals surface area (Å²) in [5.41, 5.74) is 5.59. The van der Waals surface area contributed by atoms with Crippen LogP contribution in [0.15, 0.2) is 24.3 Å². The Hall–Kier alpha value is -1.59. The fourth-order valence-electron chi connectivity index (χ4n) is 1.59. The Bertz CT molecular complexity index is 483. The second kappa shape index (κ2) is 5.59. The highest BCUT2D eigenvalue weighted by molar-refractivity contribution is 6.30. The van der Waals surface area contributed by atoms with E-state index in [2.05, 4.69) is 10.6 Å². The molecule has 1 aliphatic rings. The van der Waals surface area contributed by atoms with Gasteiger partial charge in [-0.25, -0.2) is 0 Å². The number of amides is 2. The zero-order valence-corrected chi connectivity index (χ0v) is 11.2. The van der Waals surface area contributed by atoms with Crippen LogP contribution in [0.3, 0.4) is 0 Å². The van der Waals surface area contributed by atoms with Gasteiger partial charge in [-0.15, -0.1) is 0 Å². The van der Waals surface area contributed by atoms with Crippen LogP contribution in [0.1, 0.15) is 23.2 Å². The molecule has 0 aromatic heterocycles. The summed E-state index contributed by atoms with van der Waals surface area (Å²) in [4.78, 5) is 23.2. The second-order valence-corrected chi connectivity index (χ2v) is 5.11. The minimum Gasteiger partial charge on any atom is -0.353 e. The molecule has 2 rings (SSSR count). The first-order valence-corrected chi connectivity index (χ1v) is 6.50. The zero-order chi connectivity index (χ0) is 13.9. The summed E-state index contributed by atoms with van der Waals surface area (Å²) in [7, 11) is 0. The van der Waals surface area contributed by atoms with Crippen LogP contribution in [0.5, 0.6) is 0 Å². The van der Waals surface area contributed by atoms with Crippen molar-refractivity contribution in [2.45, 2.75) is 18.4 Å². The van der Waals surface area contributed by atoms with Crippen LogP contribution in [0.25, 0.3) is 0 Å². The SMILES string of the molecule is NC1(C(=O)NCCNC(=O)c2ccc(Cl)cc2)CC1. The molecule has 0 spiro atoms. The topological polar surface area (TPSA) is 84.2 Å². The molecule has 0 saturated heterocycles. The lowest BCUT2D eigenvalue weighted by Crippen LogP contribution is -2.45. The Labute approximate surface area is 116 Å². The summed E-state index contributed by atoms with van der Waals surface area (Å²) in [6.07, 6.45) is 1.46. The molecule has 0 unspecified atom stereocenters. The summed E-state index contributed by atoms with van der Waals surface area (Å²) in [5, 5.41) is 5.99. The first-order valence-electron chi connectivity index (χ1n) is 6.12. The van der Waals surface area contributed by atoms with E-state index in [4.69, 9.17) is 17.3 Å². The van der Waals surface area contributed by atoms with Crippen LogP contribution in [0.2, 0.25) is 5.02 Å². The van der Waals surface area contributed by atoms with Crippen molar-refractivity contribution in [1.29, 1.82) is 0 Å². The summed E-state index contributed by atoms with van der Waals surface area (Å²) in [5.74, 6) is -0.340. The van der Waals surface area contributed by atoms with Gasteiger partial charge in [0.2, 0.25) is 5.91 Å². The van der Waals surface area contributed by atoms with Crippen LogP contribution < -0.4 is 16.4 Å². The molecular weight excluding hydrogens is 266 g/mol. The van der Waals surface area contributed by atoms with Gasteiger partial charge in [0.05, 0.1) is 5.54 Å². The third-order valence-corrected chi connectivity index (χ3v) is 3.30. The van der Waals surface area contributed by atoms with E-state index in [1.54, 1.807) is 24.3 Å². The number of nitrogens with two attached hydrogens (primary N) is 1. The third-order valence-electron chi connectivity index (χ3n) is 3.04. The van der Waals surface area contributed by atoms with Crippen molar-refractivity contribution >= 4 is 23.4 Å². The van der Waals surface area contributed by atoms with Crippen LogP contribution in [-0.2, 0) is 4.79 Å². The number of hydrogen-bond donors (Lipinski definition) is 3. The molecule has 1 aliphatic carbocycles. The lowest BCUT2D eigenvalue weighted by molar-refractivity contribution is -0.123. The first kappa shape index (κ1) is 13.8. The van der Waals surface area contributed by atoms with E-state index >= 15 is 0 Å². The number of hydrogen-bond acceptors (Lipinski definition) is 3. The van der Waals surface area contributed by atoms with E-state index in [1.807, 2.05) is 0 Å². The van der Waals surface area contributed by atoms with Gasteiger partial charge in [-0.1, -0.05) is 11.6 Å². The van der Waals surface area contributed by atoms with Crippen molar-refractivity contribution in [2.75, 3.05) is 13.1 Å². The quantitative estimate of drug-likeness (QED) is 0.694. The number of halogens is 1. The van der Waals surface area contributed by atoms with Crippen molar-refractivity contribution in [2.24, 2.45) is 5.73 Å². The van der Waals surface area contributed by atoms with Gasteiger partial charge < -0.3 is 16.4 Å². The lowest BCUT2D eigenvalue weighted by atomic mass is 10.2. The predicted molar refractivity (Wildman–Crippen MR) is 72.9 cm³/mol. The van der Waals surface area contributed by atoms with Crippen LogP contribution in [-0.4, -0.2) is 30.4 Å². The highest BCUT2D eigenvalue weighted by atomic mass is 35.5. The molecule has 0 atom stereocenters. The van der Waals surface area contributed by atoms with Gasteiger partial charge in [-0.05, 0) is 37.1 Å². The molecule has 1 aromatic carbocycles. The highest BCUT2D eigenvalue weighted by Crippen LogP contribution is 2.31. The second-order valence-electron chi connectivity index (χ2n) is 4.67. The smallest absolute Gasteiger partial charge is 0.251 e. The van der Waals surface area contributed by atoms with E-state index in [0.717, 1.165) is 12.8 Å². The van der Waals surface area contributed by atoms with Crippen molar-refractivity contribution in [3.8, 4) is 0 Å². The molecule has 102 valence electrons. The average Bonchev–Trinajstić information content (AvgIpc) is 3.14. The molecule has 5 nitrogen and oxygen atoms in total. The van der Waals surface area contributed by atoms with Gasteiger partial charge in [-0.3, -0.25) is 9.59 Å². The summed E-state index contributed by atoms with van der Waals surface area (Å²) >= 11 is 5.74. The molecular formula is C13H16ClN3O2. The molecule has 19 heavy (non-hydrogen) atoms. The van der Waals surface area contributed by atoms with Gasteiger partial charge in [0.1, 0.15) is 0 Å². The van der Waals surface area contributed by atoms with Crippen LogP contribution in [0, 0.1) is 0 Å². The van der Waals surface area contributed by atoms with Crippen molar-refractivity contribution in [1.82, 2.24) is 10.6 Å². The Balaban J connectivity index is 1.69. The molecule has 0 radical (unpaired) electrons. The summed E-state index contributed by atoms with van der Waals surface area (Å²) in [6.45, 7) is 0.737. The fraction of sp³-hybridized carbons (Fsp3) is 0.385. The molecule has 0 heterocycles.